The molecule has 37 heavy (non-hydrogen) atoms. The van der Waals surface area contributed by atoms with Gasteiger partial charge in [-0.05, 0) is 62.8 Å². The Labute approximate surface area is 221 Å². The number of nitrogens with zero attached hydrogens (tertiary/aromatic N) is 3. The number of allylic oxidation sites excluding steroid dienone is 1. The van der Waals surface area contributed by atoms with E-state index in [-0.39, 0.29) is 25.1 Å². The van der Waals surface area contributed by atoms with Crippen molar-refractivity contribution in [2.45, 2.75) is 78.1 Å². The molecule has 2 saturated heterocycles. The second-order valence-corrected chi connectivity index (χ2v) is 11.6. The first-order valence-electron chi connectivity index (χ1n) is 13.6. The van der Waals surface area contributed by atoms with Crippen molar-refractivity contribution < 1.29 is 15.0 Å². The molecule has 3 aliphatic heterocycles. The van der Waals surface area contributed by atoms with Crippen molar-refractivity contribution in [2.75, 3.05) is 26.2 Å². The first-order chi connectivity index (χ1) is 17.6. The van der Waals surface area contributed by atoms with Crippen LogP contribution in [0.3, 0.4) is 0 Å². The van der Waals surface area contributed by atoms with Gasteiger partial charge < -0.3 is 15.1 Å². The zero-order valence-corrected chi connectivity index (χ0v) is 22.9. The predicted molar refractivity (Wildman–Crippen MR) is 146 cm³/mol. The van der Waals surface area contributed by atoms with E-state index in [4.69, 9.17) is 0 Å². The van der Waals surface area contributed by atoms with Crippen LogP contribution in [-0.2, 0) is 13.1 Å². The summed E-state index contributed by atoms with van der Waals surface area (Å²) in [6, 6.07) is 11.1. The summed E-state index contributed by atoms with van der Waals surface area (Å²) in [6.07, 6.45) is 2.97. The number of fused-ring (bicyclic) bond motifs is 3. The molecule has 3 heterocycles. The van der Waals surface area contributed by atoms with Crippen molar-refractivity contribution in [3.8, 4) is 0 Å². The van der Waals surface area contributed by atoms with Gasteiger partial charge in [0.05, 0.1) is 31.3 Å². The van der Waals surface area contributed by atoms with Crippen molar-refractivity contribution >= 4 is 6.03 Å². The molecule has 2 fully saturated rings. The van der Waals surface area contributed by atoms with Gasteiger partial charge in [0.25, 0.3) is 0 Å². The zero-order valence-electron chi connectivity index (χ0n) is 22.9. The van der Waals surface area contributed by atoms with Gasteiger partial charge in [-0.2, -0.15) is 0 Å². The number of hydrogen-bond donors (Lipinski definition) is 2. The van der Waals surface area contributed by atoms with Gasteiger partial charge in [0.1, 0.15) is 0 Å². The lowest BCUT2D eigenvalue weighted by molar-refractivity contribution is 0.0280. The number of β-amino-alcohol motifs (C(OH)–C–C–N with tert-alkyl or cyclic N) is 1. The Kier molecular flexibility index (Phi) is 6.94. The van der Waals surface area contributed by atoms with E-state index in [1.807, 2.05) is 9.80 Å². The van der Waals surface area contributed by atoms with Gasteiger partial charge in [0.15, 0.2) is 0 Å². The van der Waals surface area contributed by atoms with Gasteiger partial charge in [0.2, 0.25) is 0 Å². The van der Waals surface area contributed by atoms with Crippen LogP contribution in [0.4, 0.5) is 4.79 Å². The SMILES string of the molecule is Cc1cc(C)cc(CN2CCC3(CC2)C2=C[C@H](C)c4c(C)cc(C)cc4CN2C(=O)N3C[C@@H](O)CO)c1. The summed E-state index contributed by atoms with van der Waals surface area (Å²) in [5, 5.41) is 20.1. The summed E-state index contributed by atoms with van der Waals surface area (Å²) >= 11 is 0. The summed E-state index contributed by atoms with van der Waals surface area (Å²) in [6.45, 7) is 13.8. The molecule has 3 aliphatic rings. The van der Waals surface area contributed by atoms with Crippen LogP contribution < -0.4 is 0 Å². The van der Waals surface area contributed by atoms with Crippen molar-refractivity contribution in [1.82, 2.24) is 14.7 Å². The van der Waals surface area contributed by atoms with Gasteiger partial charge in [-0.1, -0.05) is 60.0 Å². The fourth-order valence-corrected chi connectivity index (χ4v) is 7.11. The Bertz CT molecular complexity index is 1210. The van der Waals surface area contributed by atoms with E-state index in [1.54, 1.807) is 0 Å². The van der Waals surface area contributed by atoms with Crippen LogP contribution in [0, 0.1) is 27.7 Å². The lowest BCUT2D eigenvalue weighted by Crippen LogP contribution is -2.55. The van der Waals surface area contributed by atoms with E-state index in [9.17, 15) is 15.0 Å². The average Bonchev–Trinajstić information content (AvgIpc) is 2.93. The van der Waals surface area contributed by atoms with Crippen LogP contribution in [0.2, 0.25) is 0 Å². The van der Waals surface area contributed by atoms with Crippen LogP contribution in [-0.4, -0.2) is 68.8 Å². The maximum absolute atomic E-state index is 14.0. The number of hydrogen-bond acceptors (Lipinski definition) is 4. The molecule has 6 heteroatoms. The lowest BCUT2D eigenvalue weighted by Gasteiger charge is -2.45. The molecule has 1 spiro atoms. The van der Waals surface area contributed by atoms with E-state index < -0.39 is 11.6 Å². The highest BCUT2D eigenvalue weighted by atomic mass is 16.3. The van der Waals surface area contributed by atoms with Gasteiger partial charge in [-0.15, -0.1) is 0 Å². The molecule has 0 aliphatic carbocycles. The minimum atomic E-state index is -0.951. The van der Waals surface area contributed by atoms with E-state index in [2.05, 4.69) is 75.9 Å². The fourth-order valence-electron chi connectivity index (χ4n) is 7.11. The summed E-state index contributed by atoms with van der Waals surface area (Å²) in [5.41, 5.74) is 9.52. The van der Waals surface area contributed by atoms with Gasteiger partial charge >= 0.3 is 6.03 Å². The Morgan fingerprint density at radius 1 is 1.00 bits per heavy atom. The molecular weight excluding hydrogens is 462 g/mol. The molecule has 5 rings (SSSR count). The first kappa shape index (κ1) is 26.0. The van der Waals surface area contributed by atoms with Crippen LogP contribution in [0.15, 0.2) is 42.1 Å². The Morgan fingerprint density at radius 3 is 2.30 bits per heavy atom. The quantitative estimate of drug-likeness (QED) is 0.628. The van der Waals surface area contributed by atoms with Crippen molar-refractivity contribution in [2.24, 2.45) is 0 Å². The van der Waals surface area contributed by atoms with Crippen LogP contribution >= 0.6 is 0 Å². The number of piperidine rings is 1. The molecule has 2 N–H and O–H groups in total. The number of amides is 2. The standard InChI is InChI=1S/C31H41N3O3/c1-20-10-21(2)13-25(12-20)16-32-8-6-31(7-9-32)28-15-24(5)29-23(4)11-22(3)14-26(29)17-33(28)30(37)34(31)18-27(36)19-35/h10-15,24,27,35-36H,6-9,16-19H2,1-5H3/t24-,27+/m0/s1. The van der Waals surface area contributed by atoms with Crippen LogP contribution in [0.1, 0.15) is 64.6 Å². The Balaban J connectivity index is 1.48. The monoisotopic (exact) mass is 503 g/mol. The third-order valence-electron chi connectivity index (χ3n) is 8.53. The average molecular weight is 504 g/mol. The van der Waals surface area contributed by atoms with Crippen molar-refractivity contribution in [1.29, 1.82) is 0 Å². The predicted octanol–water partition coefficient (Wildman–Crippen LogP) is 4.55. The van der Waals surface area contributed by atoms with E-state index in [0.717, 1.165) is 38.2 Å². The fraction of sp³-hybridized carbons (Fsp3) is 0.516. The van der Waals surface area contributed by atoms with Gasteiger partial charge in [-0.3, -0.25) is 9.80 Å². The number of benzene rings is 2. The number of carbonyl (C=O) groups excluding carboxylic acids is 1. The summed E-state index contributed by atoms with van der Waals surface area (Å²) < 4.78 is 0. The highest BCUT2D eigenvalue weighted by molar-refractivity contribution is 5.83. The maximum Gasteiger partial charge on any atom is 0.325 e. The molecule has 6 nitrogen and oxygen atoms in total. The van der Waals surface area contributed by atoms with Gasteiger partial charge in [0, 0.05) is 31.2 Å². The smallest absolute Gasteiger partial charge is 0.325 e. The number of carbonyl (C=O) groups is 1. The summed E-state index contributed by atoms with van der Waals surface area (Å²) in [7, 11) is 0. The minimum Gasteiger partial charge on any atom is -0.394 e. The Morgan fingerprint density at radius 2 is 1.65 bits per heavy atom. The number of aliphatic hydroxyl groups excluding tert-OH is 2. The van der Waals surface area contributed by atoms with Crippen molar-refractivity contribution in [3.63, 3.8) is 0 Å². The molecule has 0 unspecified atom stereocenters. The highest BCUT2D eigenvalue weighted by Gasteiger charge is 2.55. The second-order valence-electron chi connectivity index (χ2n) is 11.6. The highest BCUT2D eigenvalue weighted by Crippen LogP contribution is 2.48. The van der Waals surface area contributed by atoms with Crippen LogP contribution in [0.5, 0.6) is 0 Å². The molecule has 2 aromatic carbocycles. The molecule has 198 valence electrons. The maximum atomic E-state index is 14.0. The lowest BCUT2D eigenvalue weighted by atomic mass is 9.81. The molecular formula is C31H41N3O3. The normalized spacial score (nSPS) is 22.1. The zero-order chi connectivity index (χ0) is 26.5. The molecule has 0 saturated carbocycles. The van der Waals surface area contributed by atoms with E-state index in [0.29, 0.717) is 6.54 Å². The topological polar surface area (TPSA) is 67.2 Å². The van der Waals surface area contributed by atoms with Crippen molar-refractivity contribution in [3.05, 3.63) is 81.0 Å². The first-order valence-corrected chi connectivity index (χ1v) is 13.6. The number of aliphatic hydroxyl groups is 2. The Hall–Kier alpha value is -2.67. The van der Waals surface area contributed by atoms with Crippen LogP contribution in [0.25, 0.3) is 0 Å². The molecule has 2 aromatic rings. The third kappa shape index (κ3) is 4.71. The molecule has 0 aromatic heterocycles. The number of rotatable bonds is 5. The van der Waals surface area contributed by atoms with Gasteiger partial charge in [-0.25, -0.2) is 4.79 Å². The molecule has 0 bridgehead atoms. The van der Waals surface area contributed by atoms with E-state index in [1.165, 1.54) is 38.9 Å². The molecule has 2 atom stereocenters. The summed E-state index contributed by atoms with van der Waals surface area (Å²) in [5.74, 6) is 0.191. The number of urea groups is 1. The number of aryl methyl sites for hydroxylation is 4. The molecule has 2 amide bonds. The number of likely N-dealkylation sites (tertiary alicyclic amines) is 1. The van der Waals surface area contributed by atoms with E-state index >= 15 is 0 Å². The second kappa shape index (κ2) is 9.90. The summed E-state index contributed by atoms with van der Waals surface area (Å²) in [4.78, 5) is 20.3. The largest absolute Gasteiger partial charge is 0.394 e. The minimum absolute atomic E-state index is 0.0549. The third-order valence-corrected chi connectivity index (χ3v) is 8.53. The molecule has 0 radical (unpaired) electrons.